The van der Waals surface area contributed by atoms with Gasteiger partial charge in [0.25, 0.3) is 5.91 Å². The summed E-state index contributed by atoms with van der Waals surface area (Å²) in [5, 5.41) is 10.6. The zero-order valence-electron chi connectivity index (χ0n) is 18.5. The molecule has 1 amide bonds. The Morgan fingerprint density at radius 2 is 1.85 bits per heavy atom. The summed E-state index contributed by atoms with van der Waals surface area (Å²) in [5.41, 5.74) is 2.79. The Bertz CT molecular complexity index is 1460. The van der Waals surface area contributed by atoms with Gasteiger partial charge in [-0.3, -0.25) is 14.5 Å². The SMILES string of the molecule is CCOc1cc(C2c3c(oc4ccc(C)cc4c3=O)C(=O)N2c2ccc(C)cn2)ccc1O. The third-order valence-electron chi connectivity index (χ3n) is 5.77. The zero-order chi connectivity index (χ0) is 23.3. The number of aryl methyl sites for hydroxylation is 2. The quantitative estimate of drug-likeness (QED) is 0.494. The molecule has 7 nitrogen and oxygen atoms in total. The van der Waals surface area contributed by atoms with Gasteiger partial charge in [-0.2, -0.15) is 0 Å². The topological polar surface area (TPSA) is 92.9 Å². The Hall–Kier alpha value is -4.13. The first-order chi connectivity index (χ1) is 15.9. The van der Waals surface area contributed by atoms with E-state index in [1.165, 1.54) is 11.0 Å². The van der Waals surface area contributed by atoms with Crippen molar-refractivity contribution >= 4 is 22.7 Å². The molecule has 0 radical (unpaired) electrons. The molecule has 1 aliphatic rings. The number of ether oxygens (including phenoxy) is 1. The largest absolute Gasteiger partial charge is 0.504 e. The molecule has 1 atom stereocenters. The Labute approximate surface area is 189 Å². The Morgan fingerprint density at radius 3 is 2.58 bits per heavy atom. The van der Waals surface area contributed by atoms with E-state index in [1.807, 2.05) is 32.9 Å². The number of pyridine rings is 1. The molecular formula is C26H22N2O5. The maximum absolute atomic E-state index is 13.7. The fraction of sp³-hybridized carbons (Fsp3) is 0.192. The van der Waals surface area contributed by atoms with Gasteiger partial charge in [0.1, 0.15) is 11.4 Å². The number of hydrogen-bond donors (Lipinski definition) is 1. The molecule has 5 rings (SSSR count). The number of nitrogens with zero attached hydrogens (tertiary/aromatic N) is 2. The molecule has 0 aliphatic carbocycles. The highest BCUT2D eigenvalue weighted by atomic mass is 16.5. The number of anilines is 1. The molecule has 2 aromatic heterocycles. The van der Waals surface area contributed by atoms with Crippen molar-refractivity contribution in [1.29, 1.82) is 0 Å². The normalized spacial score (nSPS) is 15.2. The van der Waals surface area contributed by atoms with Crippen LogP contribution in [0.4, 0.5) is 5.82 Å². The molecular weight excluding hydrogens is 420 g/mol. The number of carbonyl (C=O) groups excluding carboxylic acids is 1. The predicted octanol–water partition coefficient (Wildman–Crippen LogP) is 4.66. The van der Waals surface area contributed by atoms with E-state index in [2.05, 4.69) is 4.98 Å². The minimum Gasteiger partial charge on any atom is -0.504 e. The smallest absolute Gasteiger partial charge is 0.296 e. The third-order valence-corrected chi connectivity index (χ3v) is 5.77. The molecule has 33 heavy (non-hydrogen) atoms. The van der Waals surface area contributed by atoms with Gasteiger partial charge < -0.3 is 14.3 Å². The van der Waals surface area contributed by atoms with Crippen LogP contribution in [0.2, 0.25) is 0 Å². The van der Waals surface area contributed by atoms with Crippen molar-refractivity contribution in [3.05, 3.63) is 93.0 Å². The van der Waals surface area contributed by atoms with Crippen molar-refractivity contribution in [3.63, 3.8) is 0 Å². The van der Waals surface area contributed by atoms with Crippen LogP contribution in [0.25, 0.3) is 11.0 Å². The van der Waals surface area contributed by atoms with Crippen molar-refractivity contribution in [2.45, 2.75) is 26.8 Å². The summed E-state index contributed by atoms with van der Waals surface area (Å²) < 4.78 is 11.5. The summed E-state index contributed by atoms with van der Waals surface area (Å²) in [6.07, 6.45) is 1.67. The van der Waals surface area contributed by atoms with Gasteiger partial charge in [-0.1, -0.05) is 23.8 Å². The first-order valence-electron chi connectivity index (χ1n) is 10.7. The minimum absolute atomic E-state index is 0.00485. The van der Waals surface area contributed by atoms with Gasteiger partial charge in [-0.05, 0) is 62.2 Å². The van der Waals surface area contributed by atoms with E-state index in [-0.39, 0.29) is 28.3 Å². The molecule has 0 saturated heterocycles. The summed E-state index contributed by atoms with van der Waals surface area (Å²) in [6.45, 7) is 5.97. The van der Waals surface area contributed by atoms with E-state index >= 15 is 0 Å². The number of hydrogen-bond acceptors (Lipinski definition) is 6. The predicted molar refractivity (Wildman–Crippen MR) is 124 cm³/mol. The Morgan fingerprint density at radius 1 is 1.06 bits per heavy atom. The summed E-state index contributed by atoms with van der Waals surface area (Å²) in [6, 6.07) is 12.9. The maximum atomic E-state index is 13.7. The van der Waals surface area contributed by atoms with Crippen molar-refractivity contribution in [1.82, 2.24) is 4.98 Å². The van der Waals surface area contributed by atoms with E-state index in [1.54, 1.807) is 36.5 Å². The van der Waals surface area contributed by atoms with E-state index in [0.717, 1.165) is 11.1 Å². The van der Waals surface area contributed by atoms with E-state index < -0.39 is 11.9 Å². The molecule has 0 saturated carbocycles. The van der Waals surface area contributed by atoms with E-state index in [9.17, 15) is 14.7 Å². The first-order valence-corrected chi connectivity index (χ1v) is 10.7. The lowest BCUT2D eigenvalue weighted by molar-refractivity contribution is 0.0970. The monoisotopic (exact) mass is 442 g/mol. The van der Waals surface area contributed by atoms with Crippen LogP contribution in [0.15, 0.2) is 63.9 Å². The molecule has 0 bridgehead atoms. The standard InChI is InChI=1S/C26H22N2O5/c1-4-32-20-12-16(7-8-18(20)29)23-22-24(30)17-11-14(2)5-9-19(17)33-25(22)26(31)28(23)21-10-6-15(3)13-27-21/h5-13,23,29H,4H2,1-3H3. The zero-order valence-corrected chi connectivity index (χ0v) is 18.5. The molecule has 0 spiro atoms. The summed E-state index contributed by atoms with van der Waals surface area (Å²) >= 11 is 0. The van der Waals surface area contributed by atoms with Crippen LogP contribution in [0.1, 0.15) is 45.8 Å². The average Bonchev–Trinajstić information content (AvgIpc) is 3.09. The van der Waals surface area contributed by atoms with Crippen LogP contribution < -0.4 is 15.1 Å². The number of phenols is 1. The molecule has 4 aromatic rings. The van der Waals surface area contributed by atoms with Crippen LogP contribution >= 0.6 is 0 Å². The van der Waals surface area contributed by atoms with Gasteiger partial charge in [-0.25, -0.2) is 4.98 Å². The molecule has 166 valence electrons. The number of phenolic OH excluding ortho intramolecular Hbond substituents is 1. The highest BCUT2D eigenvalue weighted by molar-refractivity contribution is 6.10. The molecule has 2 aromatic carbocycles. The minimum atomic E-state index is -0.788. The van der Waals surface area contributed by atoms with E-state index in [0.29, 0.717) is 29.0 Å². The fourth-order valence-electron chi connectivity index (χ4n) is 4.21. The number of rotatable bonds is 4. The van der Waals surface area contributed by atoms with Gasteiger partial charge in [0, 0.05) is 6.20 Å². The molecule has 1 N–H and O–H groups in total. The van der Waals surface area contributed by atoms with Crippen molar-refractivity contribution in [2.75, 3.05) is 11.5 Å². The van der Waals surface area contributed by atoms with Gasteiger partial charge in [0.05, 0.1) is 23.6 Å². The summed E-state index contributed by atoms with van der Waals surface area (Å²) in [4.78, 5) is 33.2. The van der Waals surface area contributed by atoms with Crippen LogP contribution in [-0.4, -0.2) is 22.6 Å². The maximum Gasteiger partial charge on any atom is 0.296 e. The van der Waals surface area contributed by atoms with Gasteiger partial charge in [0.15, 0.2) is 16.9 Å². The first kappa shape index (κ1) is 20.8. The molecule has 3 heterocycles. The average molecular weight is 442 g/mol. The molecule has 1 unspecified atom stereocenters. The number of aromatic nitrogens is 1. The van der Waals surface area contributed by atoms with E-state index in [4.69, 9.17) is 9.15 Å². The number of amides is 1. The van der Waals surface area contributed by atoms with Crippen molar-refractivity contribution in [3.8, 4) is 11.5 Å². The summed E-state index contributed by atoms with van der Waals surface area (Å²) in [7, 11) is 0. The van der Waals surface area contributed by atoms with Gasteiger partial charge in [0.2, 0.25) is 5.76 Å². The molecule has 0 fully saturated rings. The highest BCUT2D eigenvalue weighted by Crippen LogP contribution is 2.42. The fourth-order valence-corrected chi connectivity index (χ4v) is 4.21. The lowest BCUT2D eigenvalue weighted by Gasteiger charge is -2.24. The molecule has 1 aliphatic heterocycles. The number of benzene rings is 2. The lowest BCUT2D eigenvalue weighted by atomic mass is 9.97. The number of fused-ring (bicyclic) bond motifs is 2. The van der Waals surface area contributed by atoms with Crippen LogP contribution in [0.3, 0.4) is 0 Å². The second kappa shape index (κ2) is 7.78. The molecule has 7 heteroatoms. The van der Waals surface area contributed by atoms with Crippen molar-refractivity contribution < 1.29 is 19.1 Å². The third kappa shape index (κ3) is 3.33. The van der Waals surface area contributed by atoms with Crippen molar-refractivity contribution in [2.24, 2.45) is 0 Å². The van der Waals surface area contributed by atoms with Crippen LogP contribution in [0.5, 0.6) is 11.5 Å². The lowest BCUT2D eigenvalue weighted by Crippen LogP contribution is -2.30. The summed E-state index contributed by atoms with van der Waals surface area (Å²) in [5.74, 6) is 0.194. The van der Waals surface area contributed by atoms with Crippen LogP contribution in [-0.2, 0) is 0 Å². The van der Waals surface area contributed by atoms with Crippen LogP contribution in [0, 0.1) is 13.8 Å². The Kier molecular flexibility index (Phi) is 4.89. The second-order valence-corrected chi connectivity index (χ2v) is 8.11. The number of aromatic hydroxyl groups is 1. The van der Waals surface area contributed by atoms with Gasteiger partial charge in [-0.15, -0.1) is 0 Å². The highest BCUT2D eigenvalue weighted by Gasteiger charge is 2.44. The Balaban J connectivity index is 1.80. The number of carbonyl (C=O) groups is 1. The second-order valence-electron chi connectivity index (χ2n) is 8.11. The van der Waals surface area contributed by atoms with Gasteiger partial charge >= 0.3 is 0 Å².